The van der Waals surface area contributed by atoms with Gasteiger partial charge < -0.3 is 15.4 Å². The van der Waals surface area contributed by atoms with Crippen LogP contribution >= 0.6 is 0 Å². The van der Waals surface area contributed by atoms with E-state index in [0.717, 1.165) is 25.2 Å². The smallest absolute Gasteiger partial charge is 0.406 e. The molecule has 0 bridgehead atoms. The quantitative estimate of drug-likeness (QED) is 0.835. The van der Waals surface area contributed by atoms with Gasteiger partial charge in [0, 0.05) is 25.7 Å². The second kappa shape index (κ2) is 4.93. The lowest BCUT2D eigenvalue weighted by Crippen LogP contribution is -2.42. The summed E-state index contributed by atoms with van der Waals surface area (Å²) in [4.78, 5) is 0. The predicted octanol–water partition coefficient (Wildman–Crippen LogP) is 1.82. The molecule has 0 saturated carbocycles. The molecule has 0 aliphatic carbocycles. The zero-order valence-electron chi connectivity index (χ0n) is 9.05. The number of ether oxygens (including phenoxy) is 1. The molecule has 1 aliphatic rings. The lowest BCUT2D eigenvalue weighted by Gasteiger charge is -2.25. The highest BCUT2D eigenvalue weighted by Gasteiger charge is 2.31. The summed E-state index contributed by atoms with van der Waals surface area (Å²) in [5.74, 6) is -0.190. The van der Waals surface area contributed by atoms with Gasteiger partial charge in [0.25, 0.3) is 0 Å². The third-order valence-corrected chi connectivity index (χ3v) is 2.56. The standard InChI is InChI=1S/C11H13F3N2O/c12-11(13,14)17-9-3-1-8(2-4-9)10-7-15-5-6-16-10/h1-4,10,15-16H,5-7H2. The molecule has 1 atom stereocenters. The largest absolute Gasteiger partial charge is 0.573 e. The highest BCUT2D eigenvalue weighted by Crippen LogP contribution is 2.24. The van der Waals surface area contributed by atoms with Gasteiger partial charge in [-0.2, -0.15) is 0 Å². The Bertz CT molecular complexity index is 358. The SMILES string of the molecule is FC(F)(F)Oc1ccc(C2CNCCN2)cc1. The lowest BCUT2D eigenvalue weighted by molar-refractivity contribution is -0.274. The molecule has 1 unspecified atom stereocenters. The summed E-state index contributed by atoms with van der Waals surface area (Å²) in [6.07, 6.45) is -4.63. The Kier molecular flexibility index (Phi) is 3.54. The Morgan fingerprint density at radius 1 is 1.12 bits per heavy atom. The molecule has 94 valence electrons. The van der Waals surface area contributed by atoms with E-state index in [1.54, 1.807) is 12.1 Å². The number of benzene rings is 1. The summed E-state index contributed by atoms with van der Waals surface area (Å²) in [5.41, 5.74) is 0.951. The summed E-state index contributed by atoms with van der Waals surface area (Å²) < 4.78 is 39.7. The topological polar surface area (TPSA) is 33.3 Å². The first-order valence-corrected chi connectivity index (χ1v) is 5.34. The van der Waals surface area contributed by atoms with Crippen LogP contribution in [0, 0.1) is 0 Å². The Labute approximate surface area is 97.0 Å². The molecular formula is C11H13F3N2O. The summed E-state index contributed by atoms with van der Waals surface area (Å²) in [6, 6.07) is 6.10. The third kappa shape index (κ3) is 3.61. The van der Waals surface area contributed by atoms with Gasteiger partial charge in [-0.15, -0.1) is 13.2 Å². The average molecular weight is 246 g/mol. The zero-order valence-corrected chi connectivity index (χ0v) is 9.05. The van der Waals surface area contributed by atoms with E-state index in [4.69, 9.17) is 0 Å². The van der Waals surface area contributed by atoms with Crippen molar-refractivity contribution in [3.8, 4) is 5.75 Å². The van der Waals surface area contributed by atoms with E-state index in [2.05, 4.69) is 15.4 Å². The second-order valence-electron chi connectivity index (χ2n) is 3.83. The van der Waals surface area contributed by atoms with Gasteiger partial charge >= 0.3 is 6.36 Å². The fourth-order valence-corrected chi connectivity index (χ4v) is 1.79. The van der Waals surface area contributed by atoms with Crippen molar-refractivity contribution in [3.05, 3.63) is 29.8 Å². The molecule has 1 aromatic carbocycles. The van der Waals surface area contributed by atoms with Crippen LogP contribution in [0.15, 0.2) is 24.3 Å². The minimum Gasteiger partial charge on any atom is -0.406 e. The maximum Gasteiger partial charge on any atom is 0.573 e. The van der Waals surface area contributed by atoms with Crippen molar-refractivity contribution in [2.24, 2.45) is 0 Å². The number of alkyl halides is 3. The van der Waals surface area contributed by atoms with Crippen molar-refractivity contribution in [2.45, 2.75) is 12.4 Å². The molecule has 1 aromatic rings. The Hall–Kier alpha value is -1.27. The van der Waals surface area contributed by atoms with Crippen molar-refractivity contribution in [1.82, 2.24) is 10.6 Å². The van der Waals surface area contributed by atoms with E-state index in [9.17, 15) is 13.2 Å². The zero-order chi connectivity index (χ0) is 12.3. The molecule has 1 heterocycles. The van der Waals surface area contributed by atoms with Crippen LogP contribution in [0.1, 0.15) is 11.6 Å². The molecule has 1 fully saturated rings. The van der Waals surface area contributed by atoms with Gasteiger partial charge in [-0.05, 0) is 17.7 Å². The molecule has 6 heteroatoms. The normalized spacial score (nSPS) is 21.2. The van der Waals surface area contributed by atoms with E-state index in [1.807, 2.05) is 0 Å². The van der Waals surface area contributed by atoms with Crippen LogP contribution in [-0.4, -0.2) is 26.0 Å². The monoisotopic (exact) mass is 246 g/mol. The van der Waals surface area contributed by atoms with Crippen molar-refractivity contribution >= 4 is 0 Å². The molecule has 0 radical (unpaired) electrons. The van der Waals surface area contributed by atoms with Gasteiger partial charge in [0.2, 0.25) is 0 Å². The lowest BCUT2D eigenvalue weighted by atomic mass is 10.1. The van der Waals surface area contributed by atoms with Crippen LogP contribution in [0.25, 0.3) is 0 Å². The number of hydrogen-bond donors (Lipinski definition) is 2. The summed E-state index contributed by atoms with van der Waals surface area (Å²) in [5, 5.41) is 6.49. The van der Waals surface area contributed by atoms with Gasteiger partial charge in [0.1, 0.15) is 5.75 Å². The first kappa shape index (κ1) is 12.2. The van der Waals surface area contributed by atoms with Crippen LogP contribution in [0.5, 0.6) is 5.75 Å². The van der Waals surface area contributed by atoms with Gasteiger partial charge in [0.05, 0.1) is 0 Å². The fourth-order valence-electron chi connectivity index (χ4n) is 1.79. The molecule has 1 saturated heterocycles. The predicted molar refractivity (Wildman–Crippen MR) is 56.7 cm³/mol. The maximum atomic E-state index is 12.0. The van der Waals surface area contributed by atoms with Crippen LogP contribution in [-0.2, 0) is 0 Å². The van der Waals surface area contributed by atoms with E-state index >= 15 is 0 Å². The summed E-state index contributed by atoms with van der Waals surface area (Å²) in [6.45, 7) is 2.54. The molecule has 2 N–H and O–H groups in total. The molecule has 17 heavy (non-hydrogen) atoms. The first-order valence-electron chi connectivity index (χ1n) is 5.34. The molecular weight excluding hydrogens is 233 g/mol. The summed E-state index contributed by atoms with van der Waals surface area (Å²) >= 11 is 0. The van der Waals surface area contributed by atoms with Crippen molar-refractivity contribution in [3.63, 3.8) is 0 Å². The number of rotatable bonds is 2. The van der Waals surface area contributed by atoms with Gasteiger partial charge in [0.15, 0.2) is 0 Å². The van der Waals surface area contributed by atoms with E-state index < -0.39 is 6.36 Å². The maximum absolute atomic E-state index is 12.0. The molecule has 3 nitrogen and oxygen atoms in total. The van der Waals surface area contributed by atoms with Crippen LogP contribution in [0.2, 0.25) is 0 Å². The van der Waals surface area contributed by atoms with Gasteiger partial charge in [-0.3, -0.25) is 0 Å². The van der Waals surface area contributed by atoms with E-state index in [0.29, 0.717) is 0 Å². The number of piperazine rings is 1. The van der Waals surface area contributed by atoms with Crippen molar-refractivity contribution in [2.75, 3.05) is 19.6 Å². The van der Waals surface area contributed by atoms with Gasteiger partial charge in [-0.1, -0.05) is 12.1 Å². The Morgan fingerprint density at radius 2 is 1.82 bits per heavy atom. The molecule has 1 aliphatic heterocycles. The summed E-state index contributed by atoms with van der Waals surface area (Å²) in [7, 11) is 0. The molecule has 0 aromatic heterocycles. The minimum atomic E-state index is -4.63. The Morgan fingerprint density at radius 3 is 2.35 bits per heavy atom. The van der Waals surface area contributed by atoms with Crippen molar-refractivity contribution in [1.29, 1.82) is 0 Å². The minimum absolute atomic E-state index is 0.142. The van der Waals surface area contributed by atoms with E-state index in [1.165, 1.54) is 12.1 Å². The Balaban J connectivity index is 2.02. The number of halogens is 3. The van der Waals surface area contributed by atoms with Gasteiger partial charge in [-0.25, -0.2) is 0 Å². The second-order valence-corrected chi connectivity index (χ2v) is 3.83. The highest BCUT2D eigenvalue weighted by atomic mass is 19.4. The van der Waals surface area contributed by atoms with Crippen LogP contribution in [0.4, 0.5) is 13.2 Å². The number of hydrogen-bond acceptors (Lipinski definition) is 3. The first-order chi connectivity index (χ1) is 8.04. The van der Waals surface area contributed by atoms with E-state index in [-0.39, 0.29) is 11.8 Å². The van der Waals surface area contributed by atoms with Crippen LogP contribution in [0.3, 0.4) is 0 Å². The molecule has 0 spiro atoms. The van der Waals surface area contributed by atoms with Crippen LogP contribution < -0.4 is 15.4 Å². The van der Waals surface area contributed by atoms with Crippen molar-refractivity contribution < 1.29 is 17.9 Å². The fraction of sp³-hybridized carbons (Fsp3) is 0.455. The molecule has 0 amide bonds. The third-order valence-electron chi connectivity index (χ3n) is 2.56. The average Bonchev–Trinajstić information content (AvgIpc) is 2.29. The number of nitrogens with one attached hydrogen (secondary N) is 2. The highest BCUT2D eigenvalue weighted by molar-refractivity contribution is 5.29. The molecule has 2 rings (SSSR count).